The van der Waals surface area contributed by atoms with Crippen LogP contribution in [0.3, 0.4) is 0 Å². The van der Waals surface area contributed by atoms with Gasteiger partial charge in [-0.1, -0.05) is 6.07 Å². The largest absolute Gasteiger partial charge is 0.390 e. The molecule has 6 heteroatoms. The smallest absolute Gasteiger partial charge is 0.274 e. The average Bonchev–Trinajstić information content (AvgIpc) is 2.85. The Bertz CT molecular complexity index is 662. The maximum absolute atomic E-state index is 12.1. The highest BCUT2D eigenvalue weighted by Crippen LogP contribution is 2.14. The number of aryl methyl sites for hydroxylation is 2. The molecule has 0 radical (unpaired) electrons. The van der Waals surface area contributed by atoms with Gasteiger partial charge in [-0.25, -0.2) is 0 Å². The maximum atomic E-state index is 12.1. The molecule has 0 atom stereocenters. The van der Waals surface area contributed by atoms with Crippen LogP contribution in [0.1, 0.15) is 41.2 Å². The normalized spacial score (nSPS) is 11.0. The topological polar surface area (TPSA) is 80.0 Å². The zero-order valence-corrected chi connectivity index (χ0v) is 12.7. The van der Waals surface area contributed by atoms with Gasteiger partial charge in [0.15, 0.2) is 5.69 Å². The standard InChI is InChI=1S/C15H20N4O2/c1-9(2)16-15(21)14-13(8-20)17-19(18-14)12-6-5-10(3)11(4)7-12/h5-7,9,20H,8H2,1-4H3,(H,16,21). The summed E-state index contributed by atoms with van der Waals surface area (Å²) in [7, 11) is 0. The zero-order chi connectivity index (χ0) is 15.6. The molecule has 0 unspecified atom stereocenters. The van der Waals surface area contributed by atoms with Crippen LogP contribution in [-0.2, 0) is 6.61 Å². The molecule has 0 aliphatic heterocycles. The minimum atomic E-state index is -0.330. The fourth-order valence-corrected chi connectivity index (χ4v) is 1.92. The van der Waals surface area contributed by atoms with Crippen molar-refractivity contribution < 1.29 is 9.90 Å². The summed E-state index contributed by atoms with van der Waals surface area (Å²) in [5, 5.41) is 20.5. The third-order valence-electron chi connectivity index (χ3n) is 3.19. The number of hydrogen-bond donors (Lipinski definition) is 2. The fourth-order valence-electron chi connectivity index (χ4n) is 1.92. The number of hydrogen-bond acceptors (Lipinski definition) is 4. The van der Waals surface area contributed by atoms with E-state index in [9.17, 15) is 9.90 Å². The van der Waals surface area contributed by atoms with Crippen molar-refractivity contribution in [3.05, 3.63) is 40.7 Å². The van der Waals surface area contributed by atoms with Crippen LogP contribution >= 0.6 is 0 Å². The molecule has 112 valence electrons. The Balaban J connectivity index is 2.40. The van der Waals surface area contributed by atoms with Gasteiger partial charge in [0.1, 0.15) is 5.69 Å². The molecule has 1 heterocycles. The molecule has 0 bridgehead atoms. The molecular weight excluding hydrogens is 268 g/mol. The molecule has 1 aromatic heterocycles. The van der Waals surface area contributed by atoms with Crippen LogP contribution < -0.4 is 5.32 Å². The van der Waals surface area contributed by atoms with E-state index in [2.05, 4.69) is 15.5 Å². The Labute approximate surface area is 123 Å². The van der Waals surface area contributed by atoms with Crippen molar-refractivity contribution in [3.63, 3.8) is 0 Å². The Kier molecular flexibility index (Phi) is 4.37. The van der Waals surface area contributed by atoms with E-state index in [-0.39, 0.29) is 29.9 Å². The van der Waals surface area contributed by atoms with E-state index in [1.54, 1.807) is 0 Å². The lowest BCUT2D eigenvalue weighted by Crippen LogP contribution is -2.31. The van der Waals surface area contributed by atoms with E-state index in [0.717, 1.165) is 11.3 Å². The Hall–Kier alpha value is -2.21. The molecular formula is C15H20N4O2. The summed E-state index contributed by atoms with van der Waals surface area (Å²) < 4.78 is 0. The first-order valence-electron chi connectivity index (χ1n) is 6.88. The molecule has 6 nitrogen and oxygen atoms in total. The number of nitrogens with one attached hydrogen (secondary N) is 1. The Morgan fingerprint density at radius 3 is 2.57 bits per heavy atom. The van der Waals surface area contributed by atoms with Crippen LogP contribution in [0, 0.1) is 13.8 Å². The van der Waals surface area contributed by atoms with Crippen molar-refractivity contribution in [1.29, 1.82) is 0 Å². The first kappa shape index (κ1) is 15.2. The van der Waals surface area contributed by atoms with Gasteiger partial charge in [-0.3, -0.25) is 4.79 Å². The third-order valence-corrected chi connectivity index (χ3v) is 3.19. The second-order valence-electron chi connectivity index (χ2n) is 5.34. The lowest BCUT2D eigenvalue weighted by Gasteiger charge is -2.06. The minimum Gasteiger partial charge on any atom is -0.390 e. The van der Waals surface area contributed by atoms with Crippen LogP contribution in [0.15, 0.2) is 18.2 Å². The highest BCUT2D eigenvalue weighted by atomic mass is 16.3. The summed E-state index contributed by atoms with van der Waals surface area (Å²) in [6.07, 6.45) is 0. The minimum absolute atomic E-state index is 0.00388. The fraction of sp³-hybridized carbons (Fsp3) is 0.400. The number of carbonyl (C=O) groups is 1. The van der Waals surface area contributed by atoms with Crippen molar-refractivity contribution in [2.24, 2.45) is 0 Å². The predicted octanol–water partition coefficient (Wildman–Crippen LogP) is 1.51. The van der Waals surface area contributed by atoms with Gasteiger partial charge in [-0.2, -0.15) is 4.80 Å². The van der Waals surface area contributed by atoms with Gasteiger partial charge >= 0.3 is 0 Å². The molecule has 2 aromatic rings. The predicted molar refractivity (Wildman–Crippen MR) is 79.4 cm³/mol. The van der Waals surface area contributed by atoms with E-state index in [4.69, 9.17) is 0 Å². The molecule has 0 fully saturated rings. The summed E-state index contributed by atoms with van der Waals surface area (Å²) in [5.41, 5.74) is 3.47. The van der Waals surface area contributed by atoms with Crippen molar-refractivity contribution in [2.45, 2.75) is 40.3 Å². The quantitative estimate of drug-likeness (QED) is 0.894. The van der Waals surface area contributed by atoms with E-state index >= 15 is 0 Å². The summed E-state index contributed by atoms with van der Waals surface area (Å²) >= 11 is 0. The van der Waals surface area contributed by atoms with Gasteiger partial charge < -0.3 is 10.4 Å². The molecule has 1 amide bonds. The van der Waals surface area contributed by atoms with Gasteiger partial charge in [0.25, 0.3) is 5.91 Å². The molecule has 0 spiro atoms. The Morgan fingerprint density at radius 1 is 1.29 bits per heavy atom. The summed E-state index contributed by atoms with van der Waals surface area (Å²) in [6.45, 7) is 7.43. The highest BCUT2D eigenvalue weighted by molar-refractivity contribution is 5.93. The number of nitrogens with zero attached hydrogens (tertiary/aromatic N) is 3. The van der Waals surface area contributed by atoms with Gasteiger partial charge in [0.05, 0.1) is 12.3 Å². The van der Waals surface area contributed by atoms with Crippen LogP contribution in [0.4, 0.5) is 0 Å². The summed E-state index contributed by atoms with van der Waals surface area (Å²) in [4.78, 5) is 13.4. The molecule has 0 aliphatic carbocycles. The van der Waals surface area contributed by atoms with Crippen molar-refractivity contribution in [2.75, 3.05) is 0 Å². The molecule has 0 saturated heterocycles. The van der Waals surface area contributed by atoms with Crippen LogP contribution in [0.5, 0.6) is 0 Å². The lowest BCUT2D eigenvalue weighted by atomic mass is 10.1. The molecule has 21 heavy (non-hydrogen) atoms. The number of benzene rings is 1. The number of aliphatic hydroxyl groups excluding tert-OH is 1. The SMILES string of the molecule is Cc1ccc(-n2nc(CO)c(C(=O)NC(C)C)n2)cc1C. The maximum Gasteiger partial charge on any atom is 0.274 e. The first-order chi connectivity index (χ1) is 9.92. The molecule has 2 rings (SSSR count). The lowest BCUT2D eigenvalue weighted by molar-refractivity contribution is 0.0934. The number of aromatic nitrogens is 3. The first-order valence-corrected chi connectivity index (χ1v) is 6.88. The second kappa shape index (κ2) is 6.05. The highest BCUT2D eigenvalue weighted by Gasteiger charge is 2.19. The second-order valence-corrected chi connectivity index (χ2v) is 5.34. The summed E-state index contributed by atoms with van der Waals surface area (Å²) in [5.74, 6) is -0.330. The van der Waals surface area contributed by atoms with Gasteiger partial charge in [0.2, 0.25) is 0 Å². The van der Waals surface area contributed by atoms with E-state index in [1.165, 1.54) is 10.4 Å². The van der Waals surface area contributed by atoms with Gasteiger partial charge in [0, 0.05) is 6.04 Å². The van der Waals surface area contributed by atoms with E-state index in [0.29, 0.717) is 0 Å². The van der Waals surface area contributed by atoms with Crippen LogP contribution in [0.2, 0.25) is 0 Å². The molecule has 2 N–H and O–H groups in total. The monoisotopic (exact) mass is 288 g/mol. The van der Waals surface area contributed by atoms with Crippen LogP contribution in [-0.4, -0.2) is 32.0 Å². The van der Waals surface area contributed by atoms with Crippen molar-refractivity contribution in [3.8, 4) is 5.69 Å². The number of carbonyl (C=O) groups excluding carboxylic acids is 1. The summed E-state index contributed by atoms with van der Waals surface area (Å²) in [6, 6.07) is 5.80. The number of aliphatic hydroxyl groups is 1. The molecule has 1 aromatic carbocycles. The van der Waals surface area contributed by atoms with Gasteiger partial charge in [-0.05, 0) is 51.0 Å². The third kappa shape index (κ3) is 3.28. The zero-order valence-electron chi connectivity index (χ0n) is 12.7. The van der Waals surface area contributed by atoms with E-state index in [1.807, 2.05) is 45.9 Å². The van der Waals surface area contributed by atoms with Crippen molar-refractivity contribution >= 4 is 5.91 Å². The number of rotatable bonds is 4. The van der Waals surface area contributed by atoms with E-state index < -0.39 is 0 Å². The number of amides is 1. The average molecular weight is 288 g/mol. The Morgan fingerprint density at radius 2 is 2.00 bits per heavy atom. The molecule has 0 saturated carbocycles. The van der Waals surface area contributed by atoms with Crippen LogP contribution in [0.25, 0.3) is 5.69 Å². The molecule has 0 aliphatic rings. The van der Waals surface area contributed by atoms with Gasteiger partial charge in [-0.15, -0.1) is 10.2 Å². The van der Waals surface area contributed by atoms with Crippen molar-refractivity contribution in [1.82, 2.24) is 20.3 Å².